The van der Waals surface area contributed by atoms with Crippen molar-refractivity contribution in [2.75, 3.05) is 13.2 Å². The molecular formula is C11H15N3O. The van der Waals surface area contributed by atoms with E-state index in [1.54, 1.807) is 0 Å². The third kappa shape index (κ3) is 2.33. The Hall–Kier alpha value is -1.42. The van der Waals surface area contributed by atoms with Crippen LogP contribution in [0.2, 0.25) is 0 Å². The van der Waals surface area contributed by atoms with Crippen LogP contribution < -0.4 is 0 Å². The van der Waals surface area contributed by atoms with Gasteiger partial charge >= 0.3 is 0 Å². The molecule has 2 aromatic rings. The number of aryl methyl sites for hydroxylation is 1. The van der Waals surface area contributed by atoms with Gasteiger partial charge in [-0.2, -0.15) is 0 Å². The van der Waals surface area contributed by atoms with Gasteiger partial charge in [0.05, 0.1) is 12.1 Å². The molecule has 0 radical (unpaired) electrons. The number of aromatic amines is 1. The van der Waals surface area contributed by atoms with E-state index in [1.807, 2.05) is 26.0 Å². The van der Waals surface area contributed by atoms with E-state index in [0.717, 1.165) is 35.7 Å². The third-order valence-electron chi connectivity index (χ3n) is 2.22. The molecule has 0 aromatic carbocycles. The fraction of sp³-hybridized carbons (Fsp3) is 0.455. The minimum atomic E-state index is 0.704. The number of pyridine rings is 1. The molecule has 0 bridgehead atoms. The first-order valence-electron chi connectivity index (χ1n) is 5.19. The van der Waals surface area contributed by atoms with Gasteiger partial charge in [-0.3, -0.25) is 0 Å². The largest absolute Gasteiger partial charge is 0.381 e. The molecule has 4 heteroatoms. The van der Waals surface area contributed by atoms with Crippen LogP contribution in [-0.2, 0) is 11.2 Å². The van der Waals surface area contributed by atoms with Crippen molar-refractivity contribution in [2.24, 2.45) is 0 Å². The second-order valence-electron chi connectivity index (χ2n) is 3.45. The van der Waals surface area contributed by atoms with E-state index in [-0.39, 0.29) is 0 Å². The second kappa shape index (κ2) is 4.40. The summed E-state index contributed by atoms with van der Waals surface area (Å²) in [5, 5.41) is 0. The monoisotopic (exact) mass is 205 g/mol. The maximum absolute atomic E-state index is 5.28. The number of H-pyrrole nitrogens is 1. The zero-order valence-corrected chi connectivity index (χ0v) is 9.08. The molecule has 80 valence electrons. The first-order chi connectivity index (χ1) is 7.29. The number of aromatic nitrogens is 3. The fourth-order valence-electron chi connectivity index (χ4n) is 1.47. The van der Waals surface area contributed by atoms with Crippen LogP contribution in [0.15, 0.2) is 12.1 Å². The van der Waals surface area contributed by atoms with Gasteiger partial charge in [-0.05, 0) is 26.0 Å². The molecule has 2 aromatic heterocycles. The summed E-state index contributed by atoms with van der Waals surface area (Å²) in [6, 6.07) is 3.99. The highest BCUT2D eigenvalue weighted by atomic mass is 16.5. The van der Waals surface area contributed by atoms with Gasteiger partial charge in [-0.1, -0.05) is 0 Å². The van der Waals surface area contributed by atoms with Gasteiger partial charge < -0.3 is 9.72 Å². The van der Waals surface area contributed by atoms with Crippen LogP contribution in [0.4, 0.5) is 0 Å². The lowest BCUT2D eigenvalue weighted by Gasteiger charge is -1.96. The van der Waals surface area contributed by atoms with E-state index >= 15 is 0 Å². The van der Waals surface area contributed by atoms with Crippen LogP contribution in [-0.4, -0.2) is 28.2 Å². The van der Waals surface area contributed by atoms with Crippen molar-refractivity contribution in [3.63, 3.8) is 0 Å². The van der Waals surface area contributed by atoms with Crippen LogP contribution in [0.3, 0.4) is 0 Å². The predicted molar refractivity (Wildman–Crippen MR) is 58.8 cm³/mol. The molecule has 1 N–H and O–H groups in total. The molecule has 15 heavy (non-hydrogen) atoms. The van der Waals surface area contributed by atoms with Crippen molar-refractivity contribution < 1.29 is 4.74 Å². The van der Waals surface area contributed by atoms with Crippen molar-refractivity contribution in [3.05, 3.63) is 23.7 Å². The molecule has 0 aliphatic heterocycles. The first-order valence-corrected chi connectivity index (χ1v) is 5.19. The van der Waals surface area contributed by atoms with Crippen molar-refractivity contribution in [1.82, 2.24) is 15.0 Å². The molecule has 0 saturated heterocycles. The number of nitrogens with one attached hydrogen (secondary N) is 1. The van der Waals surface area contributed by atoms with Gasteiger partial charge in [0.1, 0.15) is 5.82 Å². The van der Waals surface area contributed by atoms with Crippen molar-refractivity contribution in [2.45, 2.75) is 20.3 Å². The summed E-state index contributed by atoms with van der Waals surface area (Å²) in [7, 11) is 0. The molecule has 2 heterocycles. The number of hydrogen-bond acceptors (Lipinski definition) is 3. The Morgan fingerprint density at radius 2 is 2.20 bits per heavy atom. The molecule has 0 saturated carbocycles. The zero-order valence-electron chi connectivity index (χ0n) is 9.08. The number of ether oxygens (including phenoxy) is 1. The molecule has 0 spiro atoms. The summed E-state index contributed by atoms with van der Waals surface area (Å²) in [6.45, 7) is 5.41. The summed E-state index contributed by atoms with van der Waals surface area (Å²) < 4.78 is 5.28. The smallest absolute Gasteiger partial charge is 0.177 e. The van der Waals surface area contributed by atoms with E-state index in [9.17, 15) is 0 Å². The Balaban J connectivity index is 2.16. The highest BCUT2D eigenvalue weighted by Crippen LogP contribution is 2.09. The average molecular weight is 205 g/mol. The predicted octanol–water partition coefficient (Wildman–Crippen LogP) is 1.85. The van der Waals surface area contributed by atoms with Crippen LogP contribution in [0.25, 0.3) is 11.2 Å². The van der Waals surface area contributed by atoms with E-state index in [4.69, 9.17) is 4.74 Å². The van der Waals surface area contributed by atoms with E-state index < -0.39 is 0 Å². The summed E-state index contributed by atoms with van der Waals surface area (Å²) in [4.78, 5) is 12.0. The standard InChI is InChI=1S/C11H15N3O/c1-3-15-7-6-10-13-9-5-4-8(2)12-11(9)14-10/h4-5H,3,6-7H2,1-2H3,(H,12,13,14). The number of fused-ring (bicyclic) bond motifs is 1. The van der Waals surface area contributed by atoms with E-state index in [1.165, 1.54) is 0 Å². The maximum Gasteiger partial charge on any atom is 0.177 e. The Bertz CT molecular complexity index is 450. The molecule has 0 unspecified atom stereocenters. The number of nitrogens with zero attached hydrogens (tertiary/aromatic N) is 2. The summed E-state index contributed by atoms with van der Waals surface area (Å²) in [5.41, 5.74) is 2.78. The van der Waals surface area contributed by atoms with Crippen molar-refractivity contribution in [3.8, 4) is 0 Å². The van der Waals surface area contributed by atoms with Gasteiger partial charge in [0.25, 0.3) is 0 Å². The lowest BCUT2D eigenvalue weighted by Crippen LogP contribution is -1.99. The lowest BCUT2D eigenvalue weighted by molar-refractivity contribution is 0.149. The van der Waals surface area contributed by atoms with Crippen LogP contribution in [0, 0.1) is 6.92 Å². The highest BCUT2D eigenvalue weighted by molar-refractivity contribution is 5.70. The zero-order chi connectivity index (χ0) is 10.7. The van der Waals surface area contributed by atoms with E-state index in [0.29, 0.717) is 6.61 Å². The van der Waals surface area contributed by atoms with Gasteiger partial charge in [0.2, 0.25) is 0 Å². The van der Waals surface area contributed by atoms with Gasteiger partial charge in [0.15, 0.2) is 5.65 Å². The Morgan fingerprint density at radius 1 is 1.33 bits per heavy atom. The summed E-state index contributed by atoms with van der Waals surface area (Å²) in [6.07, 6.45) is 0.809. The van der Waals surface area contributed by atoms with Crippen LogP contribution >= 0.6 is 0 Å². The summed E-state index contributed by atoms with van der Waals surface area (Å²) in [5.74, 6) is 0.941. The minimum Gasteiger partial charge on any atom is -0.381 e. The minimum absolute atomic E-state index is 0.704. The van der Waals surface area contributed by atoms with Crippen molar-refractivity contribution >= 4 is 11.2 Å². The number of hydrogen-bond donors (Lipinski definition) is 1. The molecule has 0 amide bonds. The molecule has 0 aliphatic carbocycles. The molecule has 0 atom stereocenters. The van der Waals surface area contributed by atoms with E-state index in [2.05, 4.69) is 15.0 Å². The Labute approximate surface area is 88.7 Å². The first kappa shape index (κ1) is 10.1. The fourth-order valence-corrected chi connectivity index (χ4v) is 1.47. The quantitative estimate of drug-likeness (QED) is 0.775. The SMILES string of the molecule is CCOCCc1nc2nc(C)ccc2[nH]1. The van der Waals surface area contributed by atoms with Gasteiger partial charge in [-0.15, -0.1) is 0 Å². The molecule has 0 fully saturated rings. The van der Waals surface area contributed by atoms with Gasteiger partial charge in [0, 0.05) is 18.7 Å². The molecule has 4 nitrogen and oxygen atoms in total. The second-order valence-corrected chi connectivity index (χ2v) is 3.45. The van der Waals surface area contributed by atoms with Crippen LogP contribution in [0.5, 0.6) is 0 Å². The van der Waals surface area contributed by atoms with Crippen LogP contribution in [0.1, 0.15) is 18.4 Å². The number of rotatable bonds is 4. The Kier molecular flexibility index (Phi) is 2.97. The third-order valence-corrected chi connectivity index (χ3v) is 2.22. The maximum atomic E-state index is 5.28. The molecule has 2 rings (SSSR count). The normalized spacial score (nSPS) is 11.1. The van der Waals surface area contributed by atoms with Crippen molar-refractivity contribution in [1.29, 1.82) is 0 Å². The molecule has 0 aliphatic rings. The highest BCUT2D eigenvalue weighted by Gasteiger charge is 2.03. The van der Waals surface area contributed by atoms with Gasteiger partial charge in [-0.25, -0.2) is 9.97 Å². The summed E-state index contributed by atoms with van der Waals surface area (Å²) >= 11 is 0. The lowest BCUT2D eigenvalue weighted by atomic mass is 10.3. The number of imidazole rings is 1. The topological polar surface area (TPSA) is 50.8 Å². The Morgan fingerprint density at radius 3 is 3.00 bits per heavy atom. The molecular weight excluding hydrogens is 190 g/mol. The average Bonchev–Trinajstić information content (AvgIpc) is 2.60.